The van der Waals surface area contributed by atoms with Crippen LogP contribution in [-0.4, -0.2) is 46.8 Å². The molecule has 4 heterocycles. The number of alkyl halides is 3. The van der Waals surface area contributed by atoms with Crippen LogP contribution in [0.5, 0.6) is 0 Å². The predicted molar refractivity (Wildman–Crippen MR) is 109 cm³/mol. The van der Waals surface area contributed by atoms with E-state index in [2.05, 4.69) is 35.9 Å². The normalized spacial score (nSPS) is 12.7. The number of halogens is 5. The SMILES string of the molecule is CC(c1c(NC(=O)Nc2cnc(-n3nccn3)c(Cl)c2)cnn2cc(Cl)nc12)C(F)(F)F. The largest absolute Gasteiger partial charge is 0.395 e. The number of hydrogen-bond acceptors (Lipinski definition) is 6. The number of fused-ring (bicyclic) bond motifs is 1. The molecule has 2 amide bonds. The first-order valence-electron chi connectivity index (χ1n) is 8.84. The van der Waals surface area contributed by atoms with Crippen LogP contribution in [0.15, 0.2) is 37.1 Å². The van der Waals surface area contributed by atoms with E-state index >= 15 is 0 Å². The lowest BCUT2D eigenvalue weighted by Crippen LogP contribution is -2.24. The fraction of sp³-hybridized carbons (Fsp3) is 0.176. The van der Waals surface area contributed by atoms with E-state index in [1.165, 1.54) is 35.7 Å². The fourth-order valence-corrected chi connectivity index (χ4v) is 3.29. The number of nitrogens with zero attached hydrogens (tertiary/aromatic N) is 7. The molecular weight excluding hydrogens is 474 g/mol. The van der Waals surface area contributed by atoms with Gasteiger partial charge in [-0.05, 0) is 13.0 Å². The zero-order valence-electron chi connectivity index (χ0n) is 16.0. The highest BCUT2D eigenvalue weighted by atomic mass is 35.5. The molecule has 0 fully saturated rings. The molecule has 2 N–H and O–H groups in total. The van der Waals surface area contributed by atoms with Crippen LogP contribution in [0.4, 0.5) is 29.3 Å². The Labute approximate surface area is 187 Å². The zero-order chi connectivity index (χ0) is 23.0. The van der Waals surface area contributed by atoms with Crippen LogP contribution >= 0.6 is 23.2 Å². The van der Waals surface area contributed by atoms with Gasteiger partial charge in [-0.1, -0.05) is 23.2 Å². The molecule has 0 radical (unpaired) electrons. The molecule has 15 heteroatoms. The summed E-state index contributed by atoms with van der Waals surface area (Å²) in [6.45, 7) is 0.951. The van der Waals surface area contributed by atoms with Crippen molar-refractivity contribution < 1.29 is 18.0 Å². The van der Waals surface area contributed by atoms with Crippen molar-refractivity contribution in [2.24, 2.45) is 0 Å². The Morgan fingerprint density at radius 2 is 1.84 bits per heavy atom. The number of imidazole rings is 1. The highest BCUT2D eigenvalue weighted by Crippen LogP contribution is 2.39. The van der Waals surface area contributed by atoms with Crippen LogP contribution in [0.2, 0.25) is 10.2 Å². The summed E-state index contributed by atoms with van der Waals surface area (Å²) in [5.41, 5.74) is -0.408. The van der Waals surface area contributed by atoms with Crippen LogP contribution in [0.3, 0.4) is 0 Å². The van der Waals surface area contributed by atoms with Crippen molar-refractivity contribution in [2.75, 3.05) is 10.6 Å². The minimum absolute atomic E-state index is 0.0396. The summed E-state index contributed by atoms with van der Waals surface area (Å²) in [5.74, 6) is -1.73. The number of amides is 2. The lowest BCUT2D eigenvalue weighted by atomic mass is 10.0. The Morgan fingerprint density at radius 3 is 2.50 bits per heavy atom. The van der Waals surface area contributed by atoms with Gasteiger partial charge in [-0.3, -0.25) is 0 Å². The number of carbonyl (C=O) groups is 1. The molecule has 32 heavy (non-hydrogen) atoms. The van der Waals surface area contributed by atoms with Crippen molar-refractivity contribution in [3.63, 3.8) is 0 Å². The number of nitrogens with one attached hydrogen (secondary N) is 2. The summed E-state index contributed by atoms with van der Waals surface area (Å²) >= 11 is 12.0. The van der Waals surface area contributed by atoms with Gasteiger partial charge >= 0.3 is 12.2 Å². The molecular formula is C17H12Cl2F3N9O. The van der Waals surface area contributed by atoms with Gasteiger partial charge in [0.1, 0.15) is 5.15 Å². The predicted octanol–water partition coefficient (Wildman–Crippen LogP) is 4.32. The van der Waals surface area contributed by atoms with Gasteiger partial charge in [-0.15, -0.1) is 4.80 Å². The van der Waals surface area contributed by atoms with Crippen molar-refractivity contribution in [1.29, 1.82) is 0 Å². The van der Waals surface area contributed by atoms with Crippen LogP contribution in [0.25, 0.3) is 11.5 Å². The van der Waals surface area contributed by atoms with Crippen LogP contribution < -0.4 is 10.6 Å². The van der Waals surface area contributed by atoms with Crippen LogP contribution in [0.1, 0.15) is 18.4 Å². The first-order valence-corrected chi connectivity index (χ1v) is 9.60. The van der Waals surface area contributed by atoms with E-state index in [0.29, 0.717) is 0 Å². The molecule has 0 aliphatic carbocycles. The molecule has 0 saturated carbocycles. The highest BCUT2D eigenvalue weighted by molar-refractivity contribution is 6.32. The number of urea groups is 1. The van der Waals surface area contributed by atoms with Gasteiger partial charge in [0.05, 0.1) is 53.3 Å². The van der Waals surface area contributed by atoms with Crippen molar-refractivity contribution in [3.05, 3.63) is 52.8 Å². The molecule has 4 aromatic heterocycles. The van der Waals surface area contributed by atoms with Gasteiger partial charge in [0.2, 0.25) is 0 Å². The third-order valence-corrected chi connectivity index (χ3v) is 4.82. The maximum Gasteiger partial charge on any atom is 0.395 e. The standard InChI is InChI=1S/C17H12Cl2F3N9O/c1-8(17(20,21)22)13-11(6-26-30-7-12(19)29-15(13)30)28-16(32)27-9-4-10(18)14(23-5-9)31-24-2-3-25-31/h2-8H,1H3,(H2,27,28,32). The number of anilines is 2. The Hall–Kier alpha value is -3.45. The average Bonchev–Trinajstić information content (AvgIpc) is 3.35. The van der Waals surface area contributed by atoms with E-state index in [0.717, 1.165) is 17.6 Å². The molecule has 0 bridgehead atoms. The third kappa shape index (κ3) is 4.29. The lowest BCUT2D eigenvalue weighted by Gasteiger charge is -2.20. The second-order valence-corrected chi connectivity index (χ2v) is 7.29. The molecule has 4 rings (SSSR count). The summed E-state index contributed by atoms with van der Waals surface area (Å²) in [6.07, 6.45) is 1.92. The van der Waals surface area contributed by atoms with Crippen LogP contribution in [0, 0.1) is 0 Å². The molecule has 1 atom stereocenters. The second kappa shape index (κ2) is 8.24. The molecule has 0 spiro atoms. The van der Waals surface area contributed by atoms with Crippen molar-refractivity contribution in [2.45, 2.75) is 19.0 Å². The van der Waals surface area contributed by atoms with Gasteiger partial charge < -0.3 is 10.6 Å². The summed E-state index contributed by atoms with van der Waals surface area (Å²) in [5, 5.41) is 16.7. The number of pyridine rings is 1. The topological polar surface area (TPSA) is 115 Å². The molecule has 10 nitrogen and oxygen atoms in total. The van der Waals surface area contributed by atoms with Gasteiger partial charge in [0, 0.05) is 5.56 Å². The van der Waals surface area contributed by atoms with Crippen molar-refractivity contribution >= 4 is 46.3 Å². The maximum atomic E-state index is 13.5. The van der Waals surface area contributed by atoms with E-state index in [1.807, 2.05) is 0 Å². The summed E-state index contributed by atoms with van der Waals surface area (Å²) in [4.78, 5) is 21.7. The first-order chi connectivity index (χ1) is 15.1. The van der Waals surface area contributed by atoms with Crippen LogP contribution in [-0.2, 0) is 0 Å². The summed E-state index contributed by atoms with van der Waals surface area (Å²) < 4.78 is 41.5. The van der Waals surface area contributed by atoms with Gasteiger partial charge in [-0.2, -0.15) is 28.5 Å². The molecule has 0 aliphatic rings. The molecule has 0 saturated heterocycles. The van der Waals surface area contributed by atoms with E-state index in [4.69, 9.17) is 23.2 Å². The first kappa shape index (κ1) is 21.8. The van der Waals surface area contributed by atoms with Gasteiger partial charge in [0.15, 0.2) is 11.5 Å². The lowest BCUT2D eigenvalue weighted by molar-refractivity contribution is -0.146. The third-order valence-electron chi connectivity index (χ3n) is 4.36. The monoisotopic (exact) mass is 485 g/mol. The maximum absolute atomic E-state index is 13.5. The molecule has 4 aromatic rings. The zero-order valence-corrected chi connectivity index (χ0v) is 17.5. The minimum atomic E-state index is -4.60. The molecule has 166 valence electrons. The minimum Gasteiger partial charge on any atom is -0.306 e. The summed E-state index contributed by atoms with van der Waals surface area (Å²) in [7, 11) is 0. The Bertz CT molecular complexity index is 1290. The average molecular weight is 486 g/mol. The van der Waals surface area contributed by atoms with Crippen molar-refractivity contribution in [3.8, 4) is 5.82 Å². The number of rotatable bonds is 4. The number of aromatic nitrogens is 7. The number of carbonyl (C=O) groups excluding carboxylic acids is 1. The number of hydrogen-bond donors (Lipinski definition) is 2. The summed E-state index contributed by atoms with van der Waals surface area (Å²) in [6, 6.07) is 0.550. The Morgan fingerprint density at radius 1 is 1.12 bits per heavy atom. The molecule has 1 unspecified atom stereocenters. The van der Waals surface area contributed by atoms with E-state index in [-0.39, 0.29) is 38.6 Å². The molecule has 0 aliphatic heterocycles. The molecule has 0 aromatic carbocycles. The smallest absolute Gasteiger partial charge is 0.306 e. The second-order valence-electron chi connectivity index (χ2n) is 6.49. The van der Waals surface area contributed by atoms with Gasteiger partial charge in [-0.25, -0.2) is 19.3 Å². The van der Waals surface area contributed by atoms with E-state index < -0.39 is 18.1 Å². The van der Waals surface area contributed by atoms with Crippen molar-refractivity contribution in [1.82, 2.24) is 34.6 Å². The van der Waals surface area contributed by atoms with E-state index in [1.54, 1.807) is 0 Å². The fourth-order valence-electron chi connectivity index (χ4n) is 2.87. The quantitative estimate of drug-likeness (QED) is 0.444. The Balaban J connectivity index is 1.61. The highest BCUT2D eigenvalue weighted by Gasteiger charge is 2.40. The van der Waals surface area contributed by atoms with Gasteiger partial charge in [0.25, 0.3) is 0 Å². The Kier molecular flexibility index (Phi) is 5.60. The van der Waals surface area contributed by atoms with E-state index in [9.17, 15) is 18.0 Å².